The molecule has 4 nitrogen and oxygen atoms in total. The third-order valence-electron chi connectivity index (χ3n) is 4.40. The molecule has 3 rings (SSSR count). The summed E-state index contributed by atoms with van der Waals surface area (Å²) < 4.78 is 5.74. The van der Waals surface area contributed by atoms with Gasteiger partial charge in [0.2, 0.25) is 0 Å². The van der Waals surface area contributed by atoms with Gasteiger partial charge in [0.05, 0.1) is 16.8 Å². The molecule has 0 radical (unpaired) electrons. The minimum absolute atomic E-state index is 0.492. The molecular weight excluding hydrogens is 282 g/mol. The van der Waals surface area contributed by atoms with Crippen molar-refractivity contribution in [3.8, 4) is 0 Å². The minimum atomic E-state index is 0.492. The summed E-state index contributed by atoms with van der Waals surface area (Å²) in [6, 6.07) is 0. The van der Waals surface area contributed by atoms with E-state index in [2.05, 4.69) is 22.1 Å². The Morgan fingerprint density at radius 2 is 2.10 bits per heavy atom. The average molecular weight is 309 g/mol. The predicted molar refractivity (Wildman–Crippen MR) is 86.8 cm³/mol. The molecule has 1 aromatic heterocycles. The summed E-state index contributed by atoms with van der Waals surface area (Å²) in [5.41, 5.74) is 1.26. The van der Waals surface area contributed by atoms with Crippen molar-refractivity contribution in [1.82, 2.24) is 14.8 Å². The zero-order chi connectivity index (χ0) is 14.5. The summed E-state index contributed by atoms with van der Waals surface area (Å²) in [4.78, 5) is 9.84. The molecule has 0 bridgehead atoms. The molecule has 0 spiro atoms. The smallest absolute Gasteiger partial charge is 0.0928 e. The van der Waals surface area contributed by atoms with E-state index >= 15 is 0 Å². The van der Waals surface area contributed by atoms with E-state index in [-0.39, 0.29) is 0 Å². The summed E-state index contributed by atoms with van der Waals surface area (Å²) in [7, 11) is 0. The van der Waals surface area contributed by atoms with Crippen molar-refractivity contribution in [2.75, 3.05) is 39.3 Å². The van der Waals surface area contributed by atoms with E-state index in [4.69, 9.17) is 9.72 Å². The predicted octanol–water partition coefficient (Wildman–Crippen LogP) is 2.39. The Labute approximate surface area is 132 Å². The Morgan fingerprint density at radius 1 is 1.29 bits per heavy atom. The van der Waals surface area contributed by atoms with Gasteiger partial charge in [0.25, 0.3) is 0 Å². The zero-order valence-corrected chi connectivity index (χ0v) is 13.9. The van der Waals surface area contributed by atoms with Crippen molar-refractivity contribution in [3.05, 3.63) is 16.1 Å². The molecule has 21 heavy (non-hydrogen) atoms. The van der Waals surface area contributed by atoms with Crippen LogP contribution in [0.4, 0.5) is 0 Å². The van der Waals surface area contributed by atoms with Gasteiger partial charge < -0.3 is 4.74 Å². The molecule has 2 aliphatic heterocycles. The Balaban J connectivity index is 1.40. The molecule has 3 heterocycles. The molecule has 0 N–H and O–H groups in total. The van der Waals surface area contributed by atoms with Crippen LogP contribution in [0, 0.1) is 0 Å². The number of aromatic nitrogens is 1. The molecule has 118 valence electrons. The second-order valence-corrected chi connectivity index (χ2v) is 7.14. The molecule has 0 saturated carbocycles. The number of hydrogen-bond acceptors (Lipinski definition) is 5. The highest BCUT2D eigenvalue weighted by atomic mass is 32.1. The second kappa shape index (κ2) is 7.68. The van der Waals surface area contributed by atoms with Crippen LogP contribution in [0.5, 0.6) is 0 Å². The number of thiazole rings is 1. The van der Waals surface area contributed by atoms with Gasteiger partial charge in [0, 0.05) is 51.3 Å². The minimum Gasteiger partial charge on any atom is -0.377 e. The van der Waals surface area contributed by atoms with Crippen molar-refractivity contribution >= 4 is 11.3 Å². The number of piperazine rings is 1. The molecule has 0 aliphatic carbocycles. The van der Waals surface area contributed by atoms with Gasteiger partial charge in [-0.05, 0) is 25.7 Å². The summed E-state index contributed by atoms with van der Waals surface area (Å²) in [5, 5.41) is 3.54. The maximum absolute atomic E-state index is 5.74. The molecule has 0 amide bonds. The lowest BCUT2D eigenvalue weighted by Crippen LogP contribution is -2.48. The Kier molecular flexibility index (Phi) is 5.63. The van der Waals surface area contributed by atoms with Crippen molar-refractivity contribution in [2.45, 2.75) is 45.3 Å². The third-order valence-corrected chi connectivity index (χ3v) is 5.36. The van der Waals surface area contributed by atoms with Gasteiger partial charge in [-0.2, -0.15) is 0 Å². The van der Waals surface area contributed by atoms with E-state index in [1.165, 1.54) is 43.1 Å². The molecule has 5 heteroatoms. The highest BCUT2D eigenvalue weighted by Crippen LogP contribution is 2.16. The molecular formula is C16H27N3OS. The average Bonchev–Trinajstić information content (AvgIpc) is 3.14. The van der Waals surface area contributed by atoms with Crippen LogP contribution < -0.4 is 0 Å². The summed E-state index contributed by atoms with van der Waals surface area (Å²) >= 11 is 1.82. The van der Waals surface area contributed by atoms with Crippen LogP contribution in [0.25, 0.3) is 0 Å². The van der Waals surface area contributed by atoms with Gasteiger partial charge in [0.15, 0.2) is 0 Å². The summed E-state index contributed by atoms with van der Waals surface area (Å²) in [6.07, 6.45) is 5.30. The first kappa shape index (κ1) is 15.4. The summed E-state index contributed by atoms with van der Waals surface area (Å²) in [6.45, 7) is 10.0. The maximum Gasteiger partial charge on any atom is 0.0928 e. The van der Waals surface area contributed by atoms with Gasteiger partial charge in [0.1, 0.15) is 0 Å². The van der Waals surface area contributed by atoms with Crippen LogP contribution in [0.2, 0.25) is 0 Å². The van der Waals surface area contributed by atoms with E-state index in [0.717, 1.165) is 39.2 Å². The fourth-order valence-electron chi connectivity index (χ4n) is 3.19. The Morgan fingerprint density at radius 3 is 2.81 bits per heavy atom. The van der Waals surface area contributed by atoms with Crippen molar-refractivity contribution in [1.29, 1.82) is 0 Å². The highest BCUT2D eigenvalue weighted by molar-refractivity contribution is 7.09. The fourth-order valence-corrected chi connectivity index (χ4v) is 4.08. The third kappa shape index (κ3) is 4.49. The normalized spacial score (nSPS) is 24.7. The van der Waals surface area contributed by atoms with E-state index in [1.807, 2.05) is 11.3 Å². The SMILES string of the molecule is CCCc1nc(CN2CCN(CC3CCCO3)CC2)cs1. The number of rotatable bonds is 6. The van der Waals surface area contributed by atoms with Crippen LogP contribution in [0.15, 0.2) is 5.38 Å². The van der Waals surface area contributed by atoms with Crippen LogP contribution in [0.1, 0.15) is 36.9 Å². The van der Waals surface area contributed by atoms with Crippen molar-refractivity contribution in [3.63, 3.8) is 0 Å². The number of hydrogen-bond donors (Lipinski definition) is 0. The molecule has 1 atom stereocenters. The van der Waals surface area contributed by atoms with Crippen LogP contribution >= 0.6 is 11.3 Å². The highest BCUT2D eigenvalue weighted by Gasteiger charge is 2.23. The quantitative estimate of drug-likeness (QED) is 0.807. The topological polar surface area (TPSA) is 28.6 Å². The first-order valence-electron chi connectivity index (χ1n) is 8.33. The lowest BCUT2D eigenvalue weighted by molar-refractivity contribution is 0.0487. The lowest BCUT2D eigenvalue weighted by Gasteiger charge is -2.35. The maximum atomic E-state index is 5.74. The van der Waals surface area contributed by atoms with Gasteiger partial charge in [-0.15, -0.1) is 11.3 Å². The zero-order valence-electron chi connectivity index (χ0n) is 13.1. The molecule has 2 fully saturated rings. The van der Waals surface area contributed by atoms with Gasteiger partial charge in [-0.25, -0.2) is 4.98 Å². The van der Waals surface area contributed by atoms with Crippen LogP contribution in [0.3, 0.4) is 0 Å². The Bertz CT molecular complexity index is 423. The fraction of sp³-hybridized carbons (Fsp3) is 0.812. The van der Waals surface area contributed by atoms with Gasteiger partial charge in [-0.3, -0.25) is 9.80 Å². The largest absolute Gasteiger partial charge is 0.377 e. The monoisotopic (exact) mass is 309 g/mol. The van der Waals surface area contributed by atoms with E-state index in [0.29, 0.717) is 6.10 Å². The Hall–Kier alpha value is -0.490. The molecule has 1 unspecified atom stereocenters. The molecule has 2 aliphatic rings. The first-order valence-corrected chi connectivity index (χ1v) is 9.21. The number of ether oxygens (including phenoxy) is 1. The van der Waals surface area contributed by atoms with E-state index in [1.54, 1.807) is 0 Å². The van der Waals surface area contributed by atoms with Crippen LogP contribution in [-0.4, -0.2) is 60.2 Å². The van der Waals surface area contributed by atoms with E-state index < -0.39 is 0 Å². The van der Waals surface area contributed by atoms with Crippen LogP contribution in [-0.2, 0) is 17.7 Å². The second-order valence-electron chi connectivity index (χ2n) is 6.19. The number of aryl methyl sites for hydroxylation is 1. The molecule has 2 saturated heterocycles. The summed E-state index contributed by atoms with van der Waals surface area (Å²) in [5.74, 6) is 0. The molecule has 1 aromatic rings. The first-order chi connectivity index (χ1) is 10.3. The molecule has 0 aromatic carbocycles. The van der Waals surface area contributed by atoms with Crippen molar-refractivity contribution < 1.29 is 4.74 Å². The van der Waals surface area contributed by atoms with E-state index in [9.17, 15) is 0 Å². The van der Waals surface area contributed by atoms with Crippen molar-refractivity contribution in [2.24, 2.45) is 0 Å². The standard InChI is InChI=1S/C16H27N3OS/c1-2-4-16-17-14(13-21-16)11-18-6-8-19(9-7-18)12-15-5-3-10-20-15/h13,15H,2-12H2,1H3. The van der Waals surface area contributed by atoms with Gasteiger partial charge >= 0.3 is 0 Å². The number of nitrogens with zero attached hydrogens (tertiary/aromatic N) is 3. The lowest BCUT2D eigenvalue weighted by atomic mass is 10.2. The van der Waals surface area contributed by atoms with Gasteiger partial charge in [-0.1, -0.05) is 6.92 Å².